The van der Waals surface area contributed by atoms with Crippen molar-refractivity contribution < 1.29 is 13.9 Å². The molecule has 13 heavy (non-hydrogen) atoms. The van der Waals surface area contributed by atoms with E-state index in [1.54, 1.807) is 0 Å². The lowest BCUT2D eigenvalue weighted by molar-refractivity contribution is 0.145. The SMILES string of the molecule is Cc1cc(=O)[nH]c(CO)c1C(F)F. The second-order valence-corrected chi connectivity index (χ2v) is 2.67. The summed E-state index contributed by atoms with van der Waals surface area (Å²) in [4.78, 5) is 13.0. The summed E-state index contributed by atoms with van der Waals surface area (Å²) >= 11 is 0. The highest BCUT2D eigenvalue weighted by Gasteiger charge is 2.16. The van der Waals surface area contributed by atoms with Crippen molar-refractivity contribution in [2.45, 2.75) is 20.0 Å². The van der Waals surface area contributed by atoms with E-state index in [2.05, 4.69) is 4.98 Å². The highest BCUT2D eigenvalue weighted by Crippen LogP contribution is 2.23. The minimum Gasteiger partial charge on any atom is -0.390 e. The molecule has 0 spiro atoms. The van der Waals surface area contributed by atoms with Crippen LogP contribution >= 0.6 is 0 Å². The molecule has 5 heteroatoms. The summed E-state index contributed by atoms with van der Waals surface area (Å²) in [6, 6.07) is 1.08. The Morgan fingerprint density at radius 1 is 1.62 bits per heavy atom. The number of H-pyrrole nitrogens is 1. The number of aliphatic hydroxyl groups is 1. The number of hydrogen-bond donors (Lipinski definition) is 2. The Kier molecular flexibility index (Phi) is 2.77. The molecule has 0 aromatic carbocycles. The van der Waals surface area contributed by atoms with Crippen LogP contribution in [0.15, 0.2) is 10.9 Å². The number of pyridine rings is 1. The van der Waals surface area contributed by atoms with E-state index in [4.69, 9.17) is 5.11 Å². The maximum Gasteiger partial charge on any atom is 0.265 e. The molecular formula is C8H9F2NO2. The highest BCUT2D eigenvalue weighted by molar-refractivity contribution is 5.29. The molecule has 0 fully saturated rings. The van der Waals surface area contributed by atoms with Crippen LogP contribution in [-0.4, -0.2) is 10.1 Å². The third-order valence-electron chi connectivity index (χ3n) is 1.75. The molecule has 1 aromatic rings. The molecule has 3 nitrogen and oxygen atoms in total. The van der Waals surface area contributed by atoms with Gasteiger partial charge in [-0.3, -0.25) is 4.79 Å². The fourth-order valence-corrected chi connectivity index (χ4v) is 1.19. The first kappa shape index (κ1) is 9.85. The molecule has 1 rings (SSSR count). The highest BCUT2D eigenvalue weighted by atomic mass is 19.3. The summed E-state index contributed by atoms with van der Waals surface area (Å²) < 4.78 is 24.7. The summed E-state index contributed by atoms with van der Waals surface area (Å²) in [5, 5.41) is 8.71. The fourth-order valence-electron chi connectivity index (χ4n) is 1.19. The van der Waals surface area contributed by atoms with E-state index in [1.165, 1.54) is 6.92 Å². The van der Waals surface area contributed by atoms with Crippen molar-refractivity contribution in [3.8, 4) is 0 Å². The minimum atomic E-state index is -2.68. The lowest BCUT2D eigenvalue weighted by Gasteiger charge is -2.08. The Hall–Kier alpha value is -1.23. The van der Waals surface area contributed by atoms with Crippen LogP contribution in [-0.2, 0) is 6.61 Å². The molecule has 0 bridgehead atoms. The van der Waals surface area contributed by atoms with E-state index in [0.717, 1.165) is 6.07 Å². The number of alkyl halides is 2. The van der Waals surface area contributed by atoms with E-state index < -0.39 is 18.6 Å². The van der Waals surface area contributed by atoms with Gasteiger partial charge in [-0.25, -0.2) is 8.78 Å². The van der Waals surface area contributed by atoms with Gasteiger partial charge in [0.15, 0.2) is 0 Å². The monoisotopic (exact) mass is 189 g/mol. The first-order valence-electron chi connectivity index (χ1n) is 3.68. The van der Waals surface area contributed by atoms with E-state index in [1.807, 2.05) is 0 Å². The van der Waals surface area contributed by atoms with Crippen LogP contribution in [0.3, 0.4) is 0 Å². The Labute approximate surface area is 73.0 Å². The average Bonchev–Trinajstić information content (AvgIpc) is 2.01. The van der Waals surface area contributed by atoms with Crippen molar-refractivity contribution in [1.29, 1.82) is 0 Å². The lowest BCUT2D eigenvalue weighted by atomic mass is 10.1. The first-order chi connectivity index (χ1) is 6.06. The minimum absolute atomic E-state index is 0.111. The molecule has 0 aliphatic heterocycles. The van der Waals surface area contributed by atoms with Crippen LogP contribution in [0.4, 0.5) is 8.78 Å². The summed E-state index contributed by atoms with van der Waals surface area (Å²) in [6.45, 7) is 0.826. The molecule has 0 atom stereocenters. The zero-order chi connectivity index (χ0) is 10.0. The zero-order valence-electron chi connectivity index (χ0n) is 6.97. The molecule has 0 radical (unpaired) electrons. The van der Waals surface area contributed by atoms with E-state index in [9.17, 15) is 13.6 Å². The maximum absolute atomic E-state index is 12.4. The van der Waals surface area contributed by atoms with Crippen LogP contribution in [0.5, 0.6) is 0 Å². The number of halogens is 2. The maximum atomic E-state index is 12.4. The molecule has 0 unspecified atom stereocenters. The van der Waals surface area contributed by atoms with Crippen LogP contribution in [0, 0.1) is 6.92 Å². The van der Waals surface area contributed by atoms with Crippen LogP contribution < -0.4 is 5.56 Å². The standard InChI is InChI=1S/C8H9F2NO2/c1-4-2-6(13)11-5(3-12)7(4)8(9)10/h2,8,12H,3H2,1H3,(H,11,13). The normalized spacial score (nSPS) is 10.8. The van der Waals surface area contributed by atoms with Crippen molar-refractivity contribution in [3.63, 3.8) is 0 Å². The predicted molar refractivity (Wildman–Crippen MR) is 42.7 cm³/mol. The van der Waals surface area contributed by atoms with Crippen molar-refractivity contribution in [3.05, 3.63) is 33.2 Å². The van der Waals surface area contributed by atoms with Gasteiger partial charge in [0.25, 0.3) is 6.43 Å². The van der Waals surface area contributed by atoms with Gasteiger partial charge in [-0.15, -0.1) is 0 Å². The molecule has 72 valence electrons. The van der Waals surface area contributed by atoms with E-state index in [-0.39, 0.29) is 16.8 Å². The Morgan fingerprint density at radius 3 is 2.69 bits per heavy atom. The molecule has 0 aliphatic carbocycles. The smallest absolute Gasteiger partial charge is 0.265 e. The molecule has 0 aliphatic rings. The molecule has 0 amide bonds. The van der Waals surface area contributed by atoms with Crippen LogP contribution in [0.1, 0.15) is 23.2 Å². The Morgan fingerprint density at radius 2 is 2.23 bits per heavy atom. The van der Waals surface area contributed by atoms with Crippen molar-refractivity contribution >= 4 is 0 Å². The number of aromatic nitrogens is 1. The van der Waals surface area contributed by atoms with Gasteiger partial charge in [-0.1, -0.05) is 0 Å². The van der Waals surface area contributed by atoms with Gasteiger partial charge in [0.2, 0.25) is 5.56 Å². The van der Waals surface area contributed by atoms with Gasteiger partial charge in [0.05, 0.1) is 12.3 Å². The van der Waals surface area contributed by atoms with Gasteiger partial charge >= 0.3 is 0 Å². The molecule has 0 saturated carbocycles. The summed E-state index contributed by atoms with van der Waals surface area (Å²) in [7, 11) is 0. The van der Waals surface area contributed by atoms with Gasteiger partial charge in [0, 0.05) is 11.6 Å². The van der Waals surface area contributed by atoms with Crippen LogP contribution in [0.2, 0.25) is 0 Å². The van der Waals surface area contributed by atoms with E-state index in [0.29, 0.717) is 0 Å². The number of hydrogen-bond acceptors (Lipinski definition) is 2. The summed E-state index contributed by atoms with van der Waals surface area (Å²) in [5.41, 5.74) is -0.684. The number of aryl methyl sites for hydroxylation is 1. The molecule has 1 aromatic heterocycles. The van der Waals surface area contributed by atoms with Crippen molar-refractivity contribution in [1.82, 2.24) is 4.98 Å². The van der Waals surface area contributed by atoms with Gasteiger partial charge < -0.3 is 10.1 Å². The number of aliphatic hydroxyl groups excluding tert-OH is 1. The van der Waals surface area contributed by atoms with Gasteiger partial charge in [-0.05, 0) is 12.5 Å². The quantitative estimate of drug-likeness (QED) is 0.732. The Balaban J connectivity index is 3.38. The fraction of sp³-hybridized carbons (Fsp3) is 0.375. The summed E-state index contributed by atoms with van der Waals surface area (Å²) in [6.07, 6.45) is -2.68. The lowest BCUT2D eigenvalue weighted by Crippen LogP contribution is -2.13. The first-order valence-corrected chi connectivity index (χ1v) is 3.68. The largest absolute Gasteiger partial charge is 0.390 e. The predicted octanol–water partition coefficient (Wildman–Crippen LogP) is 1.11. The molecule has 1 heterocycles. The third kappa shape index (κ3) is 1.92. The van der Waals surface area contributed by atoms with Crippen molar-refractivity contribution in [2.24, 2.45) is 0 Å². The number of nitrogens with one attached hydrogen (secondary N) is 1. The molecular weight excluding hydrogens is 180 g/mol. The van der Waals surface area contributed by atoms with Crippen LogP contribution in [0.25, 0.3) is 0 Å². The zero-order valence-corrected chi connectivity index (χ0v) is 6.97. The van der Waals surface area contributed by atoms with Gasteiger partial charge in [-0.2, -0.15) is 0 Å². The third-order valence-corrected chi connectivity index (χ3v) is 1.75. The molecule has 0 saturated heterocycles. The van der Waals surface area contributed by atoms with E-state index >= 15 is 0 Å². The van der Waals surface area contributed by atoms with Crippen molar-refractivity contribution in [2.75, 3.05) is 0 Å². The topological polar surface area (TPSA) is 53.1 Å². The second kappa shape index (κ2) is 3.66. The molecule has 2 N–H and O–H groups in total. The average molecular weight is 189 g/mol. The second-order valence-electron chi connectivity index (χ2n) is 2.67. The van der Waals surface area contributed by atoms with Gasteiger partial charge in [0.1, 0.15) is 0 Å². The summed E-state index contributed by atoms with van der Waals surface area (Å²) in [5.74, 6) is 0. The number of rotatable bonds is 2. The number of aromatic amines is 1. The Bertz CT molecular complexity index is 360.